The largest absolute Gasteiger partial charge is 0.353 e. The Hall–Kier alpha value is -0.880. The van der Waals surface area contributed by atoms with Gasteiger partial charge in [-0.25, -0.2) is 9.50 Å². The van der Waals surface area contributed by atoms with Crippen LogP contribution in [0.5, 0.6) is 0 Å². The van der Waals surface area contributed by atoms with E-state index in [0.717, 1.165) is 41.0 Å². The van der Waals surface area contributed by atoms with E-state index in [1.54, 1.807) is 10.7 Å². The third-order valence-corrected chi connectivity index (χ3v) is 5.00. The summed E-state index contributed by atoms with van der Waals surface area (Å²) < 4.78 is 2.51. The van der Waals surface area contributed by atoms with Gasteiger partial charge in [0.25, 0.3) is 0 Å². The van der Waals surface area contributed by atoms with Crippen LogP contribution in [0.3, 0.4) is 0 Å². The Morgan fingerprint density at radius 3 is 2.74 bits per heavy atom. The summed E-state index contributed by atoms with van der Waals surface area (Å²) in [6.07, 6.45) is 5.79. The van der Waals surface area contributed by atoms with Crippen LogP contribution in [-0.4, -0.2) is 32.7 Å². The van der Waals surface area contributed by atoms with Crippen molar-refractivity contribution in [3.05, 3.63) is 16.1 Å². The molecular formula is C12H13BrClN5. The molecule has 0 bridgehead atoms. The van der Waals surface area contributed by atoms with Crippen molar-refractivity contribution in [2.75, 3.05) is 18.0 Å². The summed E-state index contributed by atoms with van der Waals surface area (Å²) in [5.74, 6) is 2.49. The van der Waals surface area contributed by atoms with Gasteiger partial charge in [0.1, 0.15) is 4.60 Å². The molecule has 1 aliphatic carbocycles. The Labute approximate surface area is 124 Å². The molecule has 0 aromatic carbocycles. The molecule has 2 aromatic heterocycles. The molecule has 1 saturated heterocycles. The van der Waals surface area contributed by atoms with Crippen LogP contribution >= 0.6 is 27.5 Å². The van der Waals surface area contributed by atoms with Crippen molar-refractivity contribution in [1.29, 1.82) is 0 Å². The molecular weight excluding hydrogens is 330 g/mol. The smallest absolute Gasteiger partial charge is 0.243 e. The third-order valence-electron chi connectivity index (χ3n) is 4.30. The van der Waals surface area contributed by atoms with Gasteiger partial charge >= 0.3 is 0 Å². The summed E-state index contributed by atoms with van der Waals surface area (Å²) in [7, 11) is 0. The number of hydrogen-bond acceptors (Lipinski definition) is 4. The van der Waals surface area contributed by atoms with Crippen molar-refractivity contribution in [2.24, 2.45) is 11.8 Å². The van der Waals surface area contributed by atoms with Gasteiger partial charge in [-0.15, -0.1) is 5.10 Å². The first kappa shape index (κ1) is 11.9. The first-order valence-electron chi connectivity index (χ1n) is 6.54. The highest BCUT2D eigenvalue weighted by Crippen LogP contribution is 2.40. The number of fused-ring (bicyclic) bond motifs is 2. The van der Waals surface area contributed by atoms with Gasteiger partial charge in [0.2, 0.25) is 5.28 Å². The Kier molecular flexibility index (Phi) is 2.70. The van der Waals surface area contributed by atoms with E-state index in [-0.39, 0.29) is 5.28 Å². The number of imidazole rings is 1. The molecule has 100 valence electrons. The fraction of sp³-hybridized carbons (Fsp3) is 0.583. The zero-order chi connectivity index (χ0) is 13.0. The molecule has 0 N–H and O–H groups in total. The highest BCUT2D eigenvalue weighted by atomic mass is 79.9. The average molecular weight is 343 g/mol. The van der Waals surface area contributed by atoms with Crippen LogP contribution in [0.4, 0.5) is 5.82 Å². The minimum atomic E-state index is 0.262. The zero-order valence-corrected chi connectivity index (χ0v) is 12.6. The van der Waals surface area contributed by atoms with Gasteiger partial charge in [-0.05, 0) is 52.2 Å². The Balaban J connectivity index is 1.78. The van der Waals surface area contributed by atoms with Crippen molar-refractivity contribution in [3.8, 4) is 0 Å². The van der Waals surface area contributed by atoms with Crippen molar-refractivity contribution in [2.45, 2.75) is 19.3 Å². The van der Waals surface area contributed by atoms with Gasteiger partial charge in [0.15, 0.2) is 11.5 Å². The molecule has 0 amide bonds. The van der Waals surface area contributed by atoms with Crippen LogP contribution in [0.25, 0.3) is 5.65 Å². The predicted molar refractivity (Wildman–Crippen MR) is 76.5 cm³/mol. The SMILES string of the molecule is Clc1nc(N2CC3CCCC3C2)c2ncc(Br)n2n1. The van der Waals surface area contributed by atoms with Crippen LogP contribution in [0.2, 0.25) is 5.28 Å². The second kappa shape index (κ2) is 4.31. The summed E-state index contributed by atoms with van der Waals surface area (Å²) in [6.45, 7) is 2.14. The van der Waals surface area contributed by atoms with Gasteiger partial charge in [-0.1, -0.05) is 6.42 Å². The zero-order valence-electron chi connectivity index (χ0n) is 10.3. The molecule has 5 nitrogen and oxygen atoms in total. The van der Waals surface area contributed by atoms with Gasteiger partial charge < -0.3 is 4.90 Å². The molecule has 2 aromatic rings. The molecule has 2 fully saturated rings. The Morgan fingerprint density at radius 1 is 1.26 bits per heavy atom. The minimum Gasteiger partial charge on any atom is -0.353 e. The van der Waals surface area contributed by atoms with Crippen LogP contribution in [0, 0.1) is 11.8 Å². The van der Waals surface area contributed by atoms with E-state index in [1.807, 2.05) is 0 Å². The number of anilines is 1. The molecule has 2 unspecified atom stereocenters. The standard InChI is InChI=1S/C12H13BrClN5/c13-9-4-15-10-11(16-12(14)17-19(9)10)18-5-7-2-1-3-8(7)6-18/h4,7-8H,1-3,5-6H2. The Bertz CT molecular complexity index is 630. The van der Waals surface area contributed by atoms with E-state index in [2.05, 4.69) is 35.9 Å². The lowest BCUT2D eigenvalue weighted by Gasteiger charge is -2.18. The second-order valence-corrected chi connectivity index (χ2v) is 6.53. The van der Waals surface area contributed by atoms with Gasteiger partial charge in [-0.3, -0.25) is 0 Å². The quantitative estimate of drug-likeness (QED) is 0.799. The molecule has 3 heterocycles. The van der Waals surface area contributed by atoms with Gasteiger partial charge in [0, 0.05) is 13.1 Å². The monoisotopic (exact) mass is 341 g/mol. The van der Waals surface area contributed by atoms with E-state index in [4.69, 9.17) is 11.6 Å². The molecule has 2 aliphatic rings. The third kappa shape index (κ3) is 1.84. The van der Waals surface area contributed by atoms with E-state index in [9.17, 15) is 0 Å². The maximum absolute atomic E-state index is 6.03. The highest BCUT2D eigenvalue weighted by Gasteiger charge is 2.37. The average Bonchev–Trinajstić information content (AvgIpc) is 3.03. The molecule has 1 saturated carbocycles. The maximum Gasteiger partial charge on any atom is 0.243 e. The fourth-order valence-corrected chi connectivity index (χ4v) is 3.94. The summed E-state index contributed by atoms with van der Waals surface area (Å²) in [5, 5.41) is 4.44. The van der Waals surface area contributed by atoms with E-state index < -0.39 is 0 Å². The number of rotatable bonds is 1. The maximum atomic E-state index is 6.03. The van der Waals surface area contributed by atoms with Gasteiger partial charge in [0.05, 0.1) is 6.20 Å². The summed E-state index contributed by atoms with van der Waals surface area (Å²) in [4.78, 5) is 11.1. The summed E-state index contributed by atoms with van der Waals surface area (Å²) >= 11 is 9.46. The normalized spacial score (nSPS) is 26.3. The molecule has 7 heteroatoms. The van der Waals surface area contributed by atoms with E-state index in [0.29, 0.717) is 0 Å². The molecule has 4 rings (SSSR count). The summed E-state index contributed by atoms with van der Waals surface area (Å²) in [6, 6.07) is 0. The molecule has 2 atom stereocenters. The molecule has 0 radical (unpaired) electrons. The topological polar surface area (TPSA) is 46.3 Å². The molecule has 1 aliphatic heterocycles. The van der Waals surface area contributed by atoms with Crippen molar-refractivity contribution < 1.29 is 0 Å². The van der Waals surface area contributed by atoms with Crippen LogP contribution in [0.15, 0.2) is 10.8 Å². The fourth-order valence-electron chi connectivity index (χ4n) is 3.43. The lowest BCUT2D eigenvalue weighted by molar-refractivity contribution is 0.494. The molecule has 0 spiro atoms. The minimum absolute atomic E-state index is 0.262. The lowest BCUT2D eigenvalue weighted by Crippen LogP contribution is -2.23. The number of halogens is 2. The van der Waals surface area contributed by atoms with E-state index >= 15 is 0 Å². The number of hydrogen-bond donors (Lipinski definition) is 0. The summed E-state index contributed by atoms with van der Waals surface area (Å²) in [5.41, 5.74) is 0.774. The van der Waals surface area contributed by atoms with Crippen LogP contribution in [0.1, 0.15) is 19.3 Å². The van der Waals surface area contributed by atoms with Crippen molar-refractivity contribution in [1.82, 2.24) is 19.6 Å². The highest BCUT2D eigenvalue weighted by molar-refractivity contribution is 9.10. The van der Waals surface area contributed by atoms with Crippen LogP contribution < -0.4 is 4.90 Å². The second-order valence-electron chi connectivity index (χ2n) is 5.38. The number of aromatic nitrogens is 4. The predicted octanol–water partition coefficient (Wildman–Crippen LogP) is 2.78. The van der Waals surface area contributed by atoms with Crippen LogP contribution in [-0.2, 0) is 0 Å². The van der Waals surface area contributed by atoms with Crippen molar-refractivity contribution in [3.63, 3.8) is 0 Å². The first-order chi connectivity index (χ1) is 9.22. The van der Waals surface area contributed by atoms with Gasteiger partial charge in [-0.2, -0.15) is 4.98 Å². The number of nitrogens with zero attached hydrogens (tertiary/aromatic N) is 5. The molecule has 19 heavy (non-hydrogen) atoms. The lowest BCUT2D eigenvalue weighted by atomic mass is 10.0. The van der Waals surface area contributed by atoms with Crippen molar-refractivity contribution >= 4 is 39.0 Å². The van der Waals surface area contributed by atoms with E-state index in [1.165, 1.54) is 19.3 Å². The Morgan fingerprint density at radius 2 is 2.00 bits per heavy atom. The first-order valence-corrected chi connectivity index (χ1v) is 7.71.